The van der Waals surface area contributed by atoms with Gasteiger partial charge in [0.2, 0.25) is 11.8 Å². The van der Waals surface area contributed by atoms with Gasteiger partial charge < -0.3 is 9.52 Å². The lowest BCUT2D eigenvalue weighted by atomic mass is 10.2. The molecule has 1 rings (SSSR count). The Balaban J connectivity index is 2.32. The first-order chi connectivity index (χ1) is 6.72. The van der Waals surface area contributed by atoms with Gasteiger partial charge in [-0.25, -0.2) is 0 Å². The molecular formula is C9H14N2O3. The van der Waals surface area contributed by atoms with Crippen molar-refractivity contribution >= 4 is 5.97 Å². The SMILES string of the molecule is CCCc1nnc(CCCC(=O)O)o1. The van der Waals surface area contributed by atoms with E-state index in [9.17, 15) is 4.79 Å². The summed E-state index contributed by atoms with van der Waals surface area (Å²) in [7, 11) is 0. The summed E-state index contributed by atoms with van der Waals surface area (Å²) in [4.78, 5) is 10.2. The second kappa shape index (κ2) is 5.36. The summed E-state index contributed by atoms with van der Waals surface area (Å²) in [6.07, 6.45) is 2.99. The molecule has 5 nitrogen and oxygen atoms in total. The van der Waals surface area contributed by atoms with Crippen LogP contribution in [0.3, 0.4) is 0 Å². The van der Waals surface area contributed by atoms with E-state index in [1.54, 1.807) is 0 Å². The van der Waals surface area contributed by atoms with Crippen LogP contribution in [0.1, 0.15) is 38.0 Å². The lowest BCUT2D eigenvalue weighted by Gasteiger charge is -1.91. The molecule has 0 fully saturated rings. The number of hydrogen-bond donors (Lipinski definition) is 1. The van der Waals surface area contributed by atoms with Crippen LogP contribution in [0.4, 0.5) is 0 Å². The van der Waals surface area contributed by atoms with Gasteiger partial charge in [-0.05, 0) is 12.8 Å². The van der Waals surface area contributed by atoms with E-state index in [1.807, 2.05) is 6.92 Å². The van der Waals surface area contributed by atoms with Crippen molar-refractivity contribution < 1.29 is 14.3 Å². The number of carboxylic acid groups (broad SMARTS) is 1. The van der Waals surface area contributed by atoms with Gasteiger partial charge in [-0.1, -0.05) is 6.92 Å². The topological polar surface area (TPSA) is 76.2 Å². The summed E-state index contributed by atoms with van der Waals surface area (Å²) >= 11 is 0. The first-order valence-corrected chi connectivity index (χ1v) is 4.75. The molecule has 1 aromatic heterocycles. The summed E-state index contributed by atoms with van der Waals surface area (Å²) in [5, 5.41) is 16.1. The third-order valence-electron chi connectivity index (χ3n) is 1.75. The highest BCUT2D eigenvalue weighted by Crippen LogP contribution is 2.06. The number of aryl methyl sites for hydroxylation is 2. The van der Waals surface area contributed by atoms with Gasteiger partial charge in [-0.2, -0.15) is 0 Å². The summed E-state index contributed by atoms with van der Waals surface area (Å²) in [6.45, 7) is 2.04. The molecule has 0 spiro atoms. The minimum absolute atomic E-state index is 0.144. The molecule has 14 heavy (non-hydrogen) atoms. The summed E-state index contributed by atoms with van der Waals surface area (Å²) in [6, 6.07) is 0. The van der Waals surface area contributed by atoms with Crippen molar-refractivity contribution in [3.63, 3.8) is 0 Å². The van der Waals surface area contributed by atoms with E-state index >= 15 is 0 Å². The number of carboxylic acids is 1. The van der Waals surface area contributed by atoms with Crippen molar-refractivity contribution in [2.45, 2.75) is 39.0 Å². The van der Waals surface area contributed by atoms with Crippen LogP contribution in [-0.2, 0) is 17.6 Å². The van der Waals surface area contributed by atoms with Crippen LogP contribution in [0, 0.1) is 0 Å². The second-order valence-electron chi connectivity index (χ2n) is 3.09. The zero-order chi connectivity index (χ0) is 10.4. The Morgan fingerprint density at radius 1 is 1.36 bits per heavy atom. The van der Waals surface area contributed by atoms with Crippen LogP contribution < -0.4 is 0 Å². The Bertz CT molecular complexity index is 296. The fourth-order valence-corrected chi connectivity index (χ4v) is 1.10. The molecule has 0 amide bonds. The van der Waals surface area contributed by atoms with E-state index in [2.05, 4.69) is 10.2 Å². The van der Waals surface area contributed by atoms with E-state index < -0.39 is 5.97 Å². The average molecular weight is 198 g/mol. The molecular weight excluding hydrogens is 184 g/mol. The van der Waals surface area contributed by atoms with Crippen molar-refractivity contribution in [3.05, 3.63) is 11.8 Å². The van der Waals surface area contributed by atoms with E-state index in [4.69, 9.17) is 9.52 Å². The molecule has 0 unspecified atom stereocenters. The number of rotatable bonds is 6. The third-order valence-corrected chi connectivity index (χ3v) is 1.75. The van der Waals surface area contributed by atoms with Gasteiger partial charge >= 0.3 is 5.97 Å². The fraction of sp³-hybridized carbons (Fsp3) is 0.667. The zero-order valence-corrected chi connectivity index (χ0v) is 8.19. The molecule has 1 heterocycles. The predicted molar refractivity (Wildman–Crippen MR) is 48.9 cm³/mol. The monoisotopic (exact) mass is 198 g/mol. The van der Waals surface area contributed by atoms with Gasteiger partial charge in [0.15, 0.2) is 0 Å². The molecule has 0 saturated carbocycles. The van der Waals surface area contributed by atoms with E-state index in [-0.39, 0.29) is 6.42 Å². The van der Waals surface area contributed by atoms with E-state index in [0.29, 0.717) is 24.6 Å². The Hall–Kier alpha value is -1.39. The molecule has 0 aliphatic heterocycles. The highest BCUT2D eigenvalue weighted by Gasteiger charge is 2.05. The Morgan fingerprint density at radius 3 is 2.57 bits per heavy atom. The highest BCUT2D eigenvalue weighted by molar-refractivity contribution is 5.66. The normalized spacial score (nSPS) is 10.4. The molecule has 0 saturated heterocycles. The van der Waals surface area contributed by atoms with Crippen LogP contribution in [0.25, 0.3) is 0 Å². The Kier molecular flexibility index (Phi) is 4.10. The van der Waals surface area contributed by atoms with Gasteiger partial charge in [-0.15, -0.1) is 10.2 Å². The van der Waals surface area contributed by atoms with Crippen LogP contribution in [0.5, 0.6) is 0 Å². The minimum atomic E-state index is -0.793. The molecule has 0 aromatic carbocycles. The first-order valence-electron chi connectivity index (χ1n) is 4.75. The van der Waals surface area contributed by atoms with Gasteiger partial charge in [0, 0.05) is 19.3 Å². The lowest BCUT2D eigenvalue weighted by molar-refractivity contribution is -0.137. The standard InChI is InChI=1S/C9H14N2O3/c1-2-4-7-10-11-8(14-7)5-3-6-9(12)13/h2-6H2,1H3,(H,12,13). The Labute approximate surface area is 82.1 Å². The van der Waals surface area contributed by atoms with Crippen molar-refractivity contribution in [1.29, 1.82) is 0 Å². The van der Waals surface area contributed by atoms with E-state index in [1.165, 1.54) is 0 Å². The maximum absolute atomic E-state index is 10.2. The summed E-state index contributed by atoms with van der Waals surface area (Å²) < 4.78 is 5.29. The molecule has 0 atom stereocenters. The predicted octanol–water partition coefficient (Wildman–Crippen LogP) is 1.43. The van der Waals surface area contributed by atoms with Gasteiger partial charge in [0.1, 0.15) is 0 Å². The van der Waals surface area contributed by atoms with Crippen molar-refractivity contribution in [2.75, 3.05) is 0 Å². The number of nitrogens with zero attached hydrogens (tertiary/aromatic N) is 2. The molecule has 0 aliphatic rings. The fourth-order valence-electron chi connectivity index (χ4n) is 1.10. The number of carbonyl (C=O) groups is 1. The molecule has 5 heteroatoms. The van der Waals surface area contributed by atoms with E-state index in [0.717, 1.165) is 12.8 Å². The van der Waals surface area contributed by atoms with Crippen molar-refractivity contribution in [3.8, 4) is 0 Å². The minimum Gasteiger partial charge on any atom is -0.481 e. The Morgan fingerprint density at radius 2 is 2.00 bits per heavy atom. The molecule has 1 N–H and O–H groups in total. The molecule has 0 aliphatic carbocycles. The molecule has 1 aromatic rings. The summed E-state index contributed by atoms with van der Waals surface area (Å²) in [5.74, 6) is 0.380. The van der Waals surface area contributed by atoms with Gasteiger partial charge in [0.05, 0.1) is 0 Å². The third kappa shape index (κ3) is 3.55. The largest absolute Gasteiger partial charge is 0.481 e. The van der Waals surface area contributed by atoms with Gasteiger partial charge in [-0.3, -0.25) is 4.79 Å². The molecule has 0 bridgehead atoms. The van der Waals surface area contributed by atoms with Crippen molar-refractivity contribution in [2.24, 2.45) is 0 Å². The zero-order valence-electron chi connectivity index (χ0n) is 8.19. The van der Waals surface area contributed by atoms with Crippen molar-refractivity contribution in [1.82, 2.24) is 10.2 Å². The number of hydrogen-bond acceptors (Lipinski definition) is 4. The van der Waals surface area contributed by atoms with Crippen LogP contribution in [0.2, 0.25) is 0 Å². The lowest BCUT2D eigenvalue weighted by Crippen LogP contribution is -1.95. The smallest absolute Gasteiger partial charge is 0.303 e. The van der Waals surface area contributed by atoms with Gasteiger partial charge in [0.25, 0.3) is 0 Å². The maximum Gasteiger partial charge on any atom is 0.303 e. The summed E-state index contributed by atoms with van der Waals surface area (Å²) in [5.41, 5.74) is 0. The molecule has 78 valence electrons. The quantitative estimate of drug-likeness (QED) is 0.748. The van der Waals surface area contributed by atoms with Crippen LogP contribution >= 0.6 is 0 Å². The highest BCUT2D eigenvalue weighted by atomic mass is 16.4. The second-order valence-corrected chi connectivity index (χ2v) is 3.09. The molecule has 0 radical (unpaired) electrons. The maximum atomic E-state index is 10.2. The number of aliphatic carboxylic acids is 1. The number of aromatic nitrogens is 2. The van der Waals surface area contributed by atoms with Crippen LogP contribution in [-0.4, -0.2) is 21.3 Å². The average Bonchev–Trinajstić information content (AvgIpc) is 2.53. The van der Waals surface area contributed by atoms with Crippen LogP contribution in [0.15, 0.2) is 4.42 Å². The first kappa shape index (κ1) is 10.7.